The van der Waals surface area contributed by atoms with Gasteiger partial charge in [-0.3, -0.25) is 9.59 Å². The van der Waals surface area contributed by atoms with Crippen molar-refractivity contribution in [2.24, 2.45) is 0 Å². The van der Waals surface area contributed by atoms with Crippen LogP contribution in [0.3, 0.4) is 0 Å². The molecule has 1 atom stereocenters. The molecule has 8 heteroatoms. The first-order valence-corrected chi connectivity index (χ1v) is 4.51. The van der Waals surface area contributed by atoms with Crippen LogP contribution < -0.4 is 0 Å². The molecule has 0 saturated heterocycles. The highest BCUT2D eigenvalue weighted by atomic mass is 35.5. The number of hydrogen-bond donors (Lipinski definition) is 0. The number of allylic oxidation sites excluding steroid dienone is 4. The zero-order valence-electron chi connectivity index (χ0n) is 7.29. The van der Waals surface area contributed by atoms with E-state index in [0.29, 0.717) is 0 Å². The second-order valence-corrected chi connectivity index (χ2v) is 3.63. The Bertz CT molecular complexity index is 443. The Labute approximate surface area is 96.5 Å². The Hall–Kier alpha value is -0.880. The molecule has 88 valence electrons. The van der Waals surface area contributed by atoms with Gasteiger partial charge >= 0.3 is 0 Å². The van der Waals surface area contributed by atoms with Gasteiger partial charge in [0.25, 0.3) is 10.5 Å². The third-order valence-electron chi connectivity index (χ3n) is 1.97. The SMILES string of the molecule is O=C(Cl)C1=C(F)C(F)=C(F)C(F)(C(=O)Cl)C1. The number of alkyl halides is 1. The van der Waals surface area contributed by atoms with E-state index in [1.54, 1.807) is 0 Å². The van der Waals surface area contributed by atoms with Crippen LogP contribution in [0.5, 0.6) is 0 Å². The molecule has 0 heterocycles. The maximum Gasteiger partial charge on any atom is 0.266 e. The minimum absolute atomic E-state index is 1.17. The molecule has 0 radical (unpaired) electrons. The number of hydrogen-bond acceptors (Lipinski definition) is 2. The second kappa shape index (κ2) is 4.18. The van der Waals surface area contributed by atoms with Crippen molar-refractivity contribution in [3.8, 4) is 0 Å². The molecular weight excluding hydrogens is 275 g/mol. The molecule has 2 nitrogen and oxygen atoms in total. The first-order chi connectivity index (χ1) is 7.21. The van der Waals surface area contributed by atoms with Gasteiger partial charge in [-0.15, -0.1) is 0 Å². The molecule has 0 N–H and O–H groups in total. The lowest BCUT2D eigenvalue weighted by Gasteiger charge is -2.23. The van der Waals surface area contributed by atoms with E-state index in [0.717, 1.165) is 0 Å². The summed E-state index contributed by atoms with van der Waals surface area (Å²) in [6, 6.07) is 0. The molecule has 0 saturated carbocycles. The summed E-state index contributed by atoms with van der Waals surface area (Å²) in [6.07, 6.45) is -1.37. The third-order valence-corrected chi connectivity index (χ3v) is 2.50. The average molecular weight is 277 g/mol. The minimum atomic E-state index is -3.60. The van der Waals surface area contributed by atoms with Crippen molar-refractivity contribution in [2.75, 3.05) is 0 Å². The van der Waals surface area contributed by atoms with Gasteiger partial charge in [0, 0.05) is 6.42 Å². The van der Waals surface area contributed by atoms with Crippen molar-refractivity contribution in [3.05, 3.63) is 23.1 Å². The Morgan fingerprint density at radius 2 is 1.62 bits per heavy atom. The largest absolute Gasteiger partial charge is 0.277 e. The molecule has 1 aliphatic carbocycles. The van der Waals surface area contributed by atoms with Crippen LogP contribution in [0.2, 0.25) is 0 Å². The summed E-state index contributed by atoms with van der Waals surface area (Å²) in [5.41, 5.74) is -4.77. The molecule has 0 aliphatic heterocycles. The number of halogens is 6. The van der Waals surface area contributed by atoms with Crippen LogP contribution in [0.1, 0.15) is 6.42 Å². The number of carbonyl (C=O) groups excluding carboxylic acids is 2. The van der Waals surface area contributed by atoms with Crippen molar-refractivity contribution in [3.63, 3.8) is 0 Å². The van der Waals surface area contributed by atoms with Gasteiger partial charge in [0.2, 0.25) is 5.67 Å². The van der Waals surface area contributed by atoms with Crippen molar-refractivity contribution in [2.45, 2.75) is 12.1 Å². The van der Waals surface area contributed by atoms with Gasteiger partial charge in [0.15, 0.2) is 17.5 Å². The van der Waals surface area contributed by atoms with E-state index in [1.165, 1.54) is 0 Å². The first-order valence-electron chi connectivity index (χ1n) is 3.75. The van der Waals surface area contributed by atoms with E-state index in [2.05, 4.69) is 0 Å². The van der Waals surface area contributed by atoms with Crippen LogP contribution >= 0.6 is 23.2 Å². The van der Waals surface area contributed by atoms with Crippen LogP contribution in [-0.4, -0.2) is 16.2 Å². The predicted molar refractivity (Wildman–Crippen MR) is 47.6 cm³/mol. The quantitative estimate of drug-likeness (QED) is 0.574. The summed E-state index contributed by atoms with van der Waals surface area (Å²) in [4.78, 5) is 21.2. The van der Waals surface area contributed by atoms with Crippen LogP contribution in [0.15, 0.2) is 23.1 Å². The maximum atomic E-state index is 13.6. The van der Waals surface area contributed by atoms with E-state index >= 15 is 0 Å². The van der Waals surface area contributed by atoms with Crippen molar-refractivity contribution >= 4 is 33.7 Å². The van der Waals surface area contributed by atoms with E-state index in [4.69, 9.17) is 23.2 Å². The number of rotatable bonds is 2. The fourth-order valence-corrected chi connectivity index (χ4v) is 1.41. The van der Waals surface area contributed by atoms with Crippen LogP contribution in [0.4, 0.5) is 17.6 Å². The van der Waals surface area contributed by atoms with Crippen LogP contribution in [0, 0.1) is 0 Å². The van der Waals surface area contributed by atoms with Gasteiger partial charge in [-0.2, -0.15) is 0 Å². The Balaban J connectivity index is 3.41. The summed E-state index contributed by atoms with van der Waals surface area (Å²) in [5.74, 6) is -6.51. The van der Waals surface area contributed by atoms with E-state index in [-0.39, 0.29) is 0 Å². The molecular formula is C8H2Cl2F4O2. The van der Waals surface area contributed by atoms with Crippen molar-refractivity contribution in [1.29, 1.82) is 0 Å². The minimum Gasteiger partial charge on any atom is -0.277 e. The van der Waals surface area contributed by atoms with Gasteiger partial charge in [-0.25, -0.2) is 17.6 Å². The van der Waals surface area contributed by atoms with Gasteiger partial charge in [-0.05, 0) is 23.2 Å². The highest BCUT2D eigenvalue weighted by molar-refractivity contribution is 6.68. The molecule has 1 aliphatic rings. The summed E-state index contributed by atoms with van der Waals surface area (Å²) in [7, 11) is 0. The summed E-state index contributed by atoms with van der Waals surface area (Å²) < 4.78 is 52.3. The average Bonchev–Trinajstić information content (AvgIpc) is 2.19. The first kappa shape index (κ1) is 13.2. The lowest BCUT2D eigenvalue weighted by atomic mass is 9.90. The molecule has 16 heavy (non-hydrogen) atoms. The lowest BCUT2D eigenvalue weighted by molar-refractivity contribution is -0.121. The molecule has 0 aromatic carbocycles. The van der Waals surface area contributed by atoms with Gasteiger partial charge in [-0.1, -0.05) is 0 Å². The fraction of sp³-hybridized carbons (Fsp3) is 0.250. The summed E-state index contributed by atoms with van der Waals surface area (Å²) >= 11 is 9.55. The van der Waals surface area contributed by atoms with Gasteiger partial charge in [0.1, 0.15) is 0 Å². The molecule has 1 unspecified atom stereocenters. The van der Waals surface area contributed by atoms with Crippen molar-refractivity contribution < 1.29 is 27.2 Å². The molecule has 0 amide bonds. The molecule has 0 aromatic heterocycles. The van der Waals surface area contributed by atoms with E-state index < -0.39 is 45.6 Å². The van der Waals surface area contributed by atoms with Crippen LogP contribution in [0.25, 0.3) is 0 Å². The highest BCUT2D eigenvalue weighted by Gasteiger charge is 2.51. The Morgan fingerprint density at radius 1 is 1.12 bits per heavy atom. The monoisotopic (exact) mass is 276 g/mol. The zero-order valence-corrected chi connectivity index (χ0v) is 8.80. The van der Waals surface area contributed by atoms with Gasteiger partial charge < -0.3 is 0 Å². The molecule has 0 aromatic rings. The lowest BCUT2D eigenvalue weighted by Crippen LogP contribution is -2.36. The Morgan fingerprint density at radius 3 is 2.00 bits per heavy atom. The third kappa shape index (κ3) is 1.87. The molecule has 0 spiro atoms. The maximum absolute atomic E-state index is 13.6. The summed E-state index contributed by atoms with van der Waals surface area (Å²) in [6.45, 7) is 0. The van der Waals surface area contributed by atoms with Crippen molar-refractivity contribution in [1.82, 2.24) is 0 Å². The van der Waals surface area contributed by atoms with Crippen LogP contribution in [-0.2, 0) is 9.59 Å². The molecule has 1 rings (SSSR count). The standard InChI is InChI=1S/C8H2Cl2F4O2/c9-6(15)2-1-8(14,7(10)16)5(13)4(12)3(2)11/h1H2. The normalized spacial score (nSPS) is 26.1. The van der Waals surface area contributed by atoms with Gasteiger partial charge in [0.05, 0.1) is 5.57 Å². The predicted octanol–water partition coefficient (Wildman–Crippen LogP) is 3.00. The Kier molecular flexibility index (Phi) is 3.44. The topological polar surface area (TPSA) is 34.1 Å². The molecule has 0 fully saturated rings. The smallest absolute Gasteiger partial charge is 0.266 e. The number of carbonyl (C=O) groups is 2. The fourth-order valence-electron chi connectivity index (χ4n) is 1.11. The zero-order chi connectivity index (χ0) is 12.7. The van der Waals surface area contributed by atoms with E-state index in [9.17, 15) is 27.2 Å². The highest BCUT2D eigenvalue weighted by Crippen LogP contribution is 2.43. The van der Waals surface area contributed by atoms with E-state index in [1.807, 2.05) is 0 Å². The summed E-state index contributed by atoms with van der Waals surface area (Å²) in [5, 5.41) is -3.43. The molecule has 0 bridgehead atoms. The second-order valence-electron chi connectivity index (χ2n) is 2.95.